The predicted octanol–water partition coefficient (Wildman–Crippen LogP) is 2.87. The minimum atomic E-state index is -0.313. The minimum absolute atomic E-state index is 0.0108. The highest BCUT2D eigenvalue weighted by Gasteiger charge is 2.28. The molecule has 0 spiro atoms. The zero-order chi connectivity index (χ0) is 19.3. The molecule has 2 aliphatic rings. The maximum Gasteiger partial charge on any atom is 0.337 e. The summed E-state index contributed by atoms with van der Waals surface area (Å²) in [5, 5.41) is 3.53. The fraction of sp³-hybridized carbons (Fsp3) is 0.409. The molecule has 0 aliphatic carbocycles. The summed E-state index contributed by atoms with van der Waals surface area (Å²) in [6.45, 7) is 3.40. The van der Waals surface area contributed by atoms with Crippen LogP contribution in [0.2, 0.25) is 0 Å². The number of carbonyl (C=O) groups is 1. The summed E-state index contributed by atoms with van der Waals surface area (Å²) in [7, 11) is 1.40. The number of ether oxygens (including phenoxy) is 3. The first-order valence-corrected chi connectivity index (χ1v) is 9.79. The van der Waals surface area contributed by atoms with Crippen molar-refractivity contribution >= 4 is 11.7 Å². The Kier molecular flexibility index (Phi) is 5.67. The molecule has 0 bridgehead atoms. The van der Waals surface area contributed by atoms with E-state index in [9.17, 15) is 4.79 Å². The number of hydrogen-bond acceptors (Lipinski definition) is 6. The molecule has 148 valence electrons. The number of methoxy groups -OCH3 is 1. The summed E-state index contributed by atoms with van der Waals surface area (Å²) >= 11 is 0. The smallest absolute Gasteiger partial charge is 0.337 e. The van der Waals surface area contributed by atoms with E-state index in [0.717, 1.165) is 49.7 Å². The summed E-state index contributed by atoms with van der Waals surface area (Å²) in [6.07, 6.45) is 1.94. The fourth-order valence-electron chi connectivity index (χ4n) is 3.88. The third kappa shape index (κ3) is 4.07. The lowest BCUT2D eigenvalue weighted by Crippen LogP contribution is -2.45. The number of para-hydroxylation sites is 2. The van der Waals surface area contributed by atoms with Crippen LogP contribution in [0.3, 0.4) is 0 Å². The molecule has 2 atom stereocenters. The number of nitrogens with one attached hydrogen (secondary N) is 1. The number of carbonyl (C=O) groups excluding carboxylic acids is 1. The van der Waals surface area contributed by atoms with Gasteiger partial charge in [0.05, 0.1) is 12.7 Å². The van der Waals surface area contributed by atoms with Crippen molar-refractivity contribution in [2.24, 2.45) is 0 Å². The van der Waals surface area contributed by atoms with Gasteiger partial charge in [-0.15, -0.1) is 0 Å². The molecule has 1 saturated heterocycles. The van der Waals surface area contributed by atoms with E-state index in [-0.39, 0.29) is 18.1 Å². The Morgan fingerprint density at radius 3 is 2.75 bits per heavy atom. The first-order chi connectivity index (χ1) is 13.7. The Morgan fingerprint density at radius 1 is 1.18 bits per heavy atom. The van der Waals surface area contributed by atoms with E-state index in [0.29, 0.717) is 12.2 Å². The number of nitrogens with zero attached hydrogens (tertiary/aromatic N) is 1. The van der Waals surface area contributed by atoms with Crippen molar-refractivity contribution in [2.45, 2.75) is 25.0 Å². The highest BCUT2D eigenvalue weighted by Crippen LogP contribution is 2.32. The molecule has 2 aromatic carbocycles. The third-order valence-corrected chi connectivity index (χ3v) is 5.30. The first kappa shape index (κ1) is 18.6. The van der Waals surface area contributed by atoms with Gasteiger partial charge in [0.1, 0.15) is 12.7 Å². The van der Waals surface area contributed by atoms with Crippen molar-refractivity contribution in [3.63, 3.8) is 0 Å². The average Bonchev–Trinajstić information content (AvgIpc) is 2.98. The molecule has 2 unspecified atom stereocenters. The van der Waals surface area contributed by atoms with Gasteiger partial charge in [0.25, 0.3) is 0 Å². The monoisotopic (exact) mass is 382 g/mol. The van der Waals surface area contributed by atoms with Crippen LogP contribution in [0.4, 0.5) is 5.69 Å². The molecule has 1 fully saturated rings. The van der Waals surface area contributed by atoms with Crippen molar-refractivity contribution < 1.29 is 19.0 Å². The van der Waals surface area contributed by atoms with Gasteiger partial charge in [-0.05, 0) is 49.4 Å². The molecule has 2 heterocycles. The second-order valence-corrected chi connectivity index (χ2v) is 7.18. The largest absolute Gasteiger partial charge is 0.486 e. The van der Waals surface area contributed by atoms with Gasteiger partial charge >= 0.3 is 5.97 Å². The maximum absolute atomic E-state index is 11.7. The SMILES string of the molecule is COC(=O)c1ccc(N2CCCNCC2CC2COc3ccccc3O2)cc1. The van der Waals surface area contributed by atoms with E-state index in [4.69, 9.17) is 14.2 Å². The summed E-state index contributed by atoms with van der Waals surface area (Å²) in [6, 6.07) is 15.7. The van der Waals surface area contributed by atoms with Gasteiger partial charge < -0.3 is 24.4 Å². The lowest BCUT2D eigenvalue weighted by Gasteiger charge is -2.35. The zero-order valence-corrected chi connectivity index (χ0v) is 16.1. The highest BCUT2D eigenvalue weighted by atomic mass is 16.6. The molecule has 28 heavy (non-hydrogen) atoms. The summed E-state index contributed by atoms with van der Waals surface area (Å²) in [4.78, 5) is 14.1. The van der Waals surface area contributed by atoms with Crippen LogP contribution in [0.25, 0.3) is 0 Å². The number of hydrogen-bond donors (Lipinski definition) is 1. The molecule has 6 heteroatoms. The fourth-order valence-corrected chi connectivity index (χ4v) is 3.88. The van der Waals surface area contributed by atoms with Crippen molar-refractivity contribution in [1.82, 2.24) is 5.32 Å². The second-order valence-electron chi connectivity index (χ2n) is 7.18. The summed E-state index contributed by atoms with van der Waals surface area (Å²) < 4.78 is 16.9. The van der Waals surface area contributed by atoms with Crippen molar-refractivity contribution in [3.05, 3.63) is 54.1 Å². The molecule has 2 aromatic rings. The summed E-state index contributed by atoms with van der Waals surface area (Å²) in [5.41, 5.74) is 1.68. The number of benzene rings is 2. The molecule has 0 saturated carbocycles. The van der Waals surface area contributed by atoms with E-state index >= 15 is 0 Å². The highest BCUT2D eigenvalue weighted by molar-refractivity contribution is 5.89. The molecule has 0 amide bonds. The van der Waals surface area contributed by atoms with E-state index in [1.165, 1.54) is 7.11 Å². The number of esters is 1. The van der Waals surface area contributed by atoms with Gasteiger partial charge in [0, 0.05) is 31.2 Å². The van der Waals surface area contributed by atoms with Gasteiger partial charge in [0.15, 0.2) is 11.5 Å². The predicted molar refractivity (Wildman–Crippen MR) is 107 cm³/mol. The van der Waals surface area contributed by atoms with E-state index < -0.39 is 0 Å². The standard InChI is InChI=1S/C22H26N2O4/c1-26-22(25)16-7-9-17(10-8-16)24-12-4-11-23-14-18(24)13-19-15-27-20-5-2-3-6-21(20)28-19/h2-3,5-10,18-19,23H,4,11-15H2,1H3. The van der Waals surface area contributed by atoms with Gasteiger partial charge in [0.2, 0.25) is 0 Å². The molecule has 4 rings (SSSR count). The zero-order valence-electron chi connectivity index (χ0n) is 16.1. The Morgan fingerprint density at radius 2 is 1.96 bits per heavy atom. The molecule has 0 radical (unpaired) electrons. The second kappa shape index (κ2) is 8.52. The number of rotatable bonds is 4. The third-order valence-electron chi connectivity index (χ3n) is 5.30. The lowest BCUT2D eigenvalue weighted by molar-refractivity contribution is 0.0601. The van der Waals surface area contributed by atoms with Crippen molar-refractivity contribution in [2.75, 3.05) is 38.3 Å². The minimum Gasteiger partial charge on any atom is -0.486 e. The van der Waals surface area contributed by atoms with Crippen molar-refractivity contribution in [3.8, 4) is 11.5 Å². The Bertz CT molecular complexity index is 808. The molecular weight excluding hydrogens is 356 g/mol. The Hall–Kier alpha value is -2.73. The van der Waals surface area contributed by atoms with Gasteiger partial charge in [-0.3, -0.25) is 0 Å². The van der Waals surface area contributed by atoms with Crippen LogP contribution in [0.1, 0.15) is 23.2 Å². The Balaban J connectivity index is 1.49. The molecule has 0 aromatic heterocycles. The average molecular weight is 382 g/mol. The van der Waals surface area contributed by atoms with Crippen LogP contribution in [0.5, 0.6) is 11.5 Å². The van der Waals surface area contributed by atoms with Crippen LogP contribution in [-0.4, -0.2) is 51.5 Å². The molecule has 1 N–H and O–H groups in total. The topological polar surface area (TPSA) is 60.0 Å². The first-order valence-electron chi connectivity index (χ1n) is 9.79. The van der Waals surface area contributed by atoms with Crippen LogP contribution in [-0.2, 0) is 4.74 Å². The van der Waals surface area contributed by atoms with Gasteiger partial charge in [-0.1, -0.05) is 12.1 Å². The van der Waals surface area contributed by atoms with Crippen LogP contribution < -0.4 is 19.7 Å². The van der Waals surface area contributed by atoms with E-state index in [1.807, 2.05) is 48.5 Å². The van der Waals surface area contributed by atoms with Crippen molar-refractivity contribution in [1.29, 1.82) is 0 Å². The molecular formula is C22H26N2O4. The number of anilines is 1. The number of fused-ring (bicyclic) bond motifs is 1. The van der Waals surface area contributed by atoms with E-state index in [1.54, 1.807) is 0 Å². The lowest BCUT2D eigenvalue weighted by atomic mass is 10.1. The molecule has 2 aliphatic heterocycles. The normalized spacial score (nSPS) is 21.7. The van der Waals surface area contributed by atoms with Crippen LogP contribution >= 0.6 is 0 Å². The maximum atomic E-state index is 11.7. The summed E-state index contributed by atoms with van der Waals surface area (Å²) in [5.74, 6) is 1.31. The molecule has 6 nitrogen and oxygen atoms in total. The Labute approximate surface area is 165 Å². The van der Waals surface area contributed by atoms with Crippen LogP contribution in [0, 0.1) is 0 Å². The van der Waals surface area contributed by atoms with Gasteiger partial charge in [-0.2, -0.15) is 0 Å². The van der Waals surface area contributed by atoms with Gasteiger partial charge in [-0.25, -0.2) is 4.79 Å². The van der Waals surface area contributed by atoms with Crippen LogP contribution in [0.15, 0.2) is 48.5 Å². The van der Waals surface area contributed by atoms with E-state index in [2.05, 4.69) is 10.2 Å². The quantitative estimate of drug-likeness (QED) is 0.821.